The number of aliphatic carboxylic acids is 1. The number of carboxylic acid groups (broad SMARTS) is 1. The molecule has 2 rings (SSSR count). The van der Waals surface area contributed by atoms with Crippen LogP contribution in [0.15, 0.2) is 28.1 Å². The summed E-state index contributed by atoms with van der Waals surface area (Å²) < 4.78 is 5.11. The van der Waals surface area contributed by atoms with E-state index in [2.05, 4.69) is 10.5 Å². The molecule has 0 aliphatic heterocycles. The highest BCUT2D eigenvalue weighted by Gasteiger charge is 2.27. The highest BCUT2D eigenvalue weighted by atomic mass is 32.1. The smallest absolute Gasteiger partial charge is 0.326 e. The molecule has 2 aromatic heterocycles. The number of nitrogens with one attached hydrogen (secondary N) is 1. The molecule has 7 heteroatoms. The van der Waals surface area contributed by atoms with Crippen LogP contribution in [0.5, 0.6) is 0 Å². The predicted molar refractivity (Wildman–Crippen MR) is 78.2 cm³/mol. The van der Waals surface area contributed by atoms with Crippen molar-refractivity contribution in [2.24, 2.45) is 5.92 Å². The lowest BCUT2D eigenvalue weighted by molar-refractivity contribution is -0.140. The van der Waals surface area contributed by atoms with Crippen LogP contribution >= 0.6 is 11.3 Å². The molecule has 2 N–H and O–H groups in total. The third-order valence-corrected chi connectivity index (χ3v) is 4.16. The molecule has 0 aliphatic carbocycles. The van der Waals surface area contributed by atoms with Crippen LogP contribution < -0.4 is 5.32 Å². The van der Waals surface area contributed by atoms with E-state index in [1.54, 1.807) is 6.92 Å². The second-order valence-corrected chi connectivity index (χ2v) is 5.68. The van der Waals surface area contributed by atoms with E-state index >= 15 is 0 Å². The molecular weight excluding hydrogens is 292 g/mol. The Labute approximate surface area is 125 Å². The van der Waals surface area contributed by atoms with E-state index in [1.165, 1.54) is 17.4 Å². The Balaban J connectivity index is 2.11. The first-order valence-electron chi connectivity index (χ1n) is 6.57. The Morgan fingerprint density at radius 3 is 2.86 bits per heavy atom. The van der Waals surface area contributed by atoms with E-state index in [9.17, 15) is 9.59 Å². The predicted octanol–water partition coefficient (Wildman–Crippen LogP) is 2.63. The second kappa shape index (κ2) is 6.53. The third-order valence-electron chi connectivity index (χ3n) is 3.27. The zero-order valence-electron chi connectivity index (χ0n) is 11.7. The van der Waals surface area contributed by atoms with E-state index in [4.69, 9.17) is 9.63 Å². The molecule has 1 unspecified atom stereocenters. The van der Waals surface area contributed by atoms with Crippen molar-refractivity contribution in [2.45, 2.75) is 26.3 Å². The van der Waals surface area contributed by atoms with E-state index in [0.717, 1.165) is 4.88 Å². The molecule has 0 saturated carbocycles. The normalized spacial score (nSPS) is 13.6. The number of nitrogens with zero attached hydrogens (tertiary/aromatic N) is 1. The minimum atomic E-state index is -1.06. The van der Waals surface area contributed by atoms with Crippen molar-refractivity contribution >= 4 is 23.2 Å². The Hall–Kier alpha value is -2.15. The van der Waals surface area contributed by atoms with E-state index in [0.29, 0.717) is 12.2 Å². The highest BCUT2D eigenvalue weighted by molar-refractivity contribution is 7.13. The van der Waals surface area contributed by atoms with Crippen LogP contribution in [0.2, 0.25) is 0 Å². The Morgan fingerprint density at radius 2 is 2.29 bits per heavy atom. The van der Waals surface area contributed by atoms with Gasteiger partial charge >= 0.3 is 5.97 Å². The number of thiophene rings is 1. The summed E-state index contributed by atoms with van der Waals surface area (Å²) in [6.45, 7) is 3.65. The summed E-state index contributed by atoms with van der Waals surface area (Å²) in [6.07, 6.45) is 0.649. The largest absolute Gasteiger partial charge is 0.480 e. The van der Waals surface area contributed by atoms with Crippen molar-refractivity contribution in [3.63, 3.8) is 0 Å². The van der Waals surface area contributed by atoms with E-state index in [-0.39, 0.29) is 11.6 Å². The van der Waals surface area contributed by atoms with Gasteiger partial charge in [-0.1, -0.05) is 31.5 Å². The van der Waals surface area contributed by atoms with Gasteiger partial charge in [-0.05, 0) is 17.4 Å². The summed E-state index contributed by atoms with van der Waals surface area (Å²) in [7, 11) is 0. The topological polar surface area (TPSA) is 92.4 Å². The van der Waals surface area contributed by atoms with Gasteiger partial charge in [0, 0.05) is 6.07 Å². The van der Waals surface area contributed by atoms with Gasteiger partial charge < -0.3 is 14.9 Å². The van der Waals surface area contributed by atoms with Gasteiger partial charge in [0.15, 0.2) is 11.5 Å². The number of aromatic nitrogens is 1. The lowest BCUT2D eigenvalue weighted by Crippen LogP contribution is -2.45. The summed E-state index contributed by atoms with van der Waals surface area (Å²) >= 11 is 1.47. The van der Waals surface area contributed by atoms with Gasteiger partial charge in [0.1, 0.15) is 6.04 Å². The van der Waals surface area contributed by atoms with Crippen molar-refractivity contribution < 1.29 is 19.2 Å². The van der Waals surface area contributed by atoms with Crippen molar-refractivity contribution in [3.8, 4) is 10.6 Å². The molecule has 2 heterocycles. The van der Waals surface area contributed by atoms with E-state index in [1.807, 2.05) is 24.4 Å². The molecule has 1 amide bonds. The highest BCUT2D eigenvalue weighted by Crippen LogP contribution is 2.25. The molecule has 0 aromatic carbocycles. The first kappa shape index (κ1) is 15.2. The van der Waals surface area contributed by atoms with Crippen molar-refractivity contribution in [2.75, 3.05) is 0 Å². The quantitative estimate of drug-likeness (QED) is 0.855. The van der Waals surface area contributed by atoms with Gasteiger partial charge in [-0.2, -0.15) is 0 Å². The fraction of sp³-hybridized carbons (Fsp3) is 0.357. The third kappa shape index (κ3) is 3.49. The maximum Gasteiger partial charge on any atom is 0.326 e. The van der Waals surface area contributed by atoms with Crippen LogP contribution in [0.4, 0.5) is 0 Å². The number of amides is 1. The van der Waals surface area contributed by atoms with Crippen LogP contribution in [0, 0.1) is 5.92 Å². The molecule has 0 aliphatic rings. The lowest BCUT2D eigenvalue weighted by Gasteiger charge is -2.19. The molecule has 6 nitrogen and oxygen atoms in total. The molecule has 21 heavy (non-hydrogen) atoms. The number of carboxylic acids is 1. The Morgan fingerprint density at radius 1 is 1.52 bits per heavy atom. The first-order chi connectivity index (χ1) is 10.0. The fourth-order valence-electron chi connectivity index (χ4n) is 1.82. The van der Waals surface area contributed by atoms with Crippen LogP contribution in [0.1, 0.15) is 30.8 Å². The molecule has 2 aromatic rings. The monoisotopic (exact) mass is 308 g/mol. The fourth-order valence-corrected chi connectivity index (χ4v) is 2.49. The summed E-state index contributed by atoms with van der Waals surface area (Å²) in [6, 6.07) is 4.29. The maximum atomic E-state index is 12.1. The van der Waals surface area contributed by atoms with Crippen molar-refractivity contribution in [1.82, 2.24) is 10.5 Å². The molecule has 0 saturated heterocycles. The summed E-state index contributed by atoms with van der Waals surface area (Å²) in [5.41, 5.74) is 0.0768. The molecule has 0 radical (unpaired) electrons. The van der Waals surface area contributed by atoms with Gasteiger partial charge in [0.25, 0.3) is 5.91 Å². The van der Waals surface area contributed by atoms with Crippen molar-refractivity contribution in [3.05, 3.63) is 29.3 Å². The van der Waals surface area contributed by atoms with Gasteiger partial charge in [-0.15, -0.1) is 11.3 Å². The SMILES string of the molecule is CCC(C)[C@H](NC(=O)c1cc(-c2cccs2)on1)C(=O)O. The zero-order chi connectivity index (χ0) is 15.4. The molecule has 2 atom stereocenters. The molecule has 112 valence electrons. The van der Waals surface area contributed by atoms with Gasteiger partial charge in [-0.25, -0.2) is 4.79 Å². The van der Waals surface area contributed by atoms with Crippen molar-refractivity contribution in [1.29, 1.82) is 0 Å². The minimum absolute atomic E-state index is 0.0768. The van der Waals surface area contributed by atoms with Gasteiger partial charge in [0.05, 0.1) is 4.88 Å². The van der Waals surface area contributed by atoms with Gasteiger partial charge in [0.2, 0.25) is 0 Å². The number of carbonyl (C=O) groups is 2. The van der Waals surface area contributed by atoms with Gasteiger partial charge in [-0.3, -0.25) is 4.79 Å². The zero-order valence-corrected chi connectivity index (χ0v) is 12.5. The lowest BCUT2D eigenvalue weighted by atomic mass is 9.99. The second-order valence-electron chi connectivity index (χ2n) is 4.73. The average Bonchev–Trinajstić information content (AvgIpc) is 3.12. The Bertz CT molecular complexity index is 621. The molecular formula is C14H16N2O4S. The number of carbonyl (C=O) groups excluding carboxylic acids is 1. The van der Waals surface area contributed by atoms with Crippen LogP contribution in [-0.2, 0) is 4.79 Å². The summed E-state index contributed by atoms with van der Waals surface area (Å²) in [5.74, 6) is -1.28. The first-order valence-corrected chi connectivity index (χ1v) is 7.45. The maximum absolute atomic E-state index is 12.1. The van der Waals surface area contributed by atoms with E-state index < -0.39 is 17.9 Å². The van der Waals surface area contributed by atoms with Crippen LogP contribution in [0.3, 0.4) is 0 Å². The van der Waals surface area contributed by atoms with Crippen LogP contribution in [-0.4, -0.2) is 28.2 Å². The average molecular weight is 308 g/mol. The summed E-state index contributed by atoms with van der Waals surface area (Å²) in [5, 5.41) is 17.2. The number of hydrogen-bond acceptors (Lipinski definition) is 5. The summed E-state index contributed by atoms with van der Waals surface area (Å²) in [4.78, 5) is 24.1. The standard InChI is InChI=1S/C14H16N2O4S/c1-3-8(2)12(14(18)19)15-13(17)9-7-10(20-16-9)11-5-4-6-21-11/h4-8,12H,3H2,1-2H3,(H,15,17)(H,18,19)/t8?,12-/m0/s1. The molecule has 0 bridgehead atoms. The molecule has 0 fully saturated rings. The minimum Gasteiger partial charge on any atom is -0.480 e. The molecule has 0 spiro atoms. The number of rotatable bonds is 6. The number of hydrogen-bond donors (Lipinski definition) is 2. The Kier molecular flexibility index (Phi) is 4.74. The van der Waals surface area contributed by atoms with Crippen LogP contribution in [0.25, 0.3) is 10.6 Å².